The molecule has 4 heterocycles. The molecule has 4 rings (SSSR count). The van der Waals surface area contributed by atoms with E-state index in [1.807, 2.05) is 24.3 Å². The molecule has 0 aliphatic rings. The molecule has 0 aliphatic carbocycles. The maximum absolute atomic E-state index is 12.7. The van der Waals surface area contributed by atoms with Crippen molar-refractivity contribution in [3.63, 3.8) is 0 Å². The summed E-state index contributed by atoms with van der Waals surface area (Å²) in [6.45, 7) is 0.587. The second-order valence-electron chi connectivity index (χ2n) is 6.29. The number of amides is 2. The number of nitrogens with zero attached hydrogens (tertiary/aromatic N) is 4. The molecule has 0 aromatic carbocycles. The Hall–Kier alpha value is -4.07. The summed E-state index contributed by atoms with van der Waals surface area (Å²) < 4.78 is 1.60. The highest BCUT2D eigenvalue weighted by atomic mass is 16.2. The van der Waals surface area contributed by atoms with E-state index in [4.69, 9.17) is 0 Å². The molecule has 4 aromatic heterocycles. The van der Waals surface area contributed by atoms with Gasteiger partial charge in [0.15, 0.2) is 5.69 Å². The molecule has 0 saturated heterocycles. The number of rotatable bonds is 6. The average Bonchev–Trinajstić information content (AvgIpc) is 3.17. The smallest absolute Gasteiger partial charge is 0.288 e. The lowest BCUT2D eigenvalue weighted by Crippen LogP contribution is -2.26. The summed E-state index contributed by atoms with van der Waals surface area (Å²) >= 11 is 0. The Labute approximate surface area is 166 Å². The van der Waals surface area contributed by atoms with E-state index in [0.29, 0.717) is 12.1 Å². The van der Waals surface area contributed by atoms with Gasteiger partial charge in [-0.1, -0.05) is 18.2 Å². The lowest BCUT2D eigenvalue weighted by molar-refractivity contribution is 0.0939. The van der Waals surface area contributed by atoms with E-state index < -0.39 is 0 Å². The molecule has 8 heteroatoms. The van der Waals surface area contributed by atoms with Crippen molar-refractivity contribution in [3.8, 4) is 0 Å². The zero-order valence-corrected chi connectivity index (χ0v) is 15.4. The van der Waals surface area contributed by atoms with Crippen molar-refractivity contribution in [2.45, 2.75) is 13.1 Å². The highest BCUT2D eigenvalue weighted by Gasteiger charge is 2.21. The van der Waals surface area contributed by atoms with Crippen LogP contribution in [0.5, 0.6) is 0 Å². The van der Waals surface area contributed by atoms with Crippen molar-refractivity contribution < 1.29 is 9.59 Å². The quantitative estimate of drug-likeness (QED) is 0.528. The van der Waals surface area contributed by atoms with Gasteiger partial charge in [-0.25, -0.2) is 4.98 Å². The van der Waals surface area contributed by atoms with Gasteiger partial charge in [0.1, 0.15) is 0 Å². The van der Waals surface area contributed by atoms with E-state index in [0.717, 1.165) is 11.3 Å². The van der Waals surface area contributed by atoms with Crippen LogP contribution in [0.1, 0.15) is 32.4 Å². The molecule has 4 aromatic rings. The second kappa shape index (κ2) is 8.30. The molecule has 0 unspecified atom stereocenters. The Morgan fingerprint density at radius 2 is 1.76 bits per heavy atom. The van der Waals surface area contributed by atoms with Gasteiger partial charge in [-0.3, -0.25) is 24.0 Å². The van der Waals surface area contributed by atoms with Gasteiger partial charge in [-0.15, -0.1) is 0 Å². The summed E-state index contributed by atoms with van der Waals surface area (Å²) in [5.41, 5.74) is 2.35. The molecule has 29 heavy (non-hydrogen) atoms. The van der Waals surface area contributed by atoms with Gasteiger partial charge in [0.05, 0.1) is 17.8 Å². The molecule has 0 bridgehead atoms. The molecule has 0 atom stereocenters. The number of imidazole rings is 1. The Kier molecular flexibility index (Phi) is 5.24. The number of pyridine rings is 3. The Balaban J connectivity index is 1.54. The molecule has 0 saturated carbocycles. The largest absolute Gasteiger partial charge is 0.346 e. The topological polar surface area (TPSA) is 101 Å². The van der Waals surface area contributed by atoms with E-state index in [1.54, 1.807) is 53.5 Å². The molecule has 8 nitrogen and oxygen atoms in total. The summed E-state index contributed by atoms with van der Waals surface area (Å²) in [7, 11) is 0. The fourth-order valence-electron chi connectivity index (χ4n) is 2.89. The van der Waals surface area contributed by atoms with Crippen molar-refractivity contribution in [1.29, 1.82) is 0 Å². The Morgan fingerprint density at radius 3 is 2.55 bits per heavy atom. The predicted octanol–water partition coefficient (Wildman–Crippen LogP) is 1.98. The first kappa shape index (κ1) is 18.3. The number of hydrogen-bond donors (Lipinski definition) is 2. The van der Waals surface area contributed by atoms with E-state index in [1.165, 1.54) is 0 Å². The number of hydrogen-bond acceptors (Lipinski definition) is 5. The van der Waals surface area contributed by atoms with E-state index in [9.17, 15) is 9.59 Å². The van der Waals surface area contributed by atoms with E-state index in [2.05, 4.69) is 25.6 Å². The van der Waals surface area contributed by atoms with Gasteiger partial charge in [0.25, 0.3) is 11.8 Å². The fourth-order valence-corrected chi connectivity index (χ4v) is 2.89. The SMILES string of the molecule is O=C(NCc1cccnc1)c1nc(C(=O)NCc2ccccn2)n2ccccc12. The highest BCUT2D eigenvalue weighted by molar-refractivity contribution is 6.02. The molecule has 0 aliphatic heterocycles. The second-order valence-corrected chi connectivity index (χ2v) is 6.29. The minimum Gasteiger partial charge on any atom is -0.346 e. The standard InChI is InChI=1S/C21H18N6O2/c28-20(24-13-15-6-5-9-22-12-15)18-17-8-2-4-11-27(17)19(26-18)21(29)25-14-16-7-1-3-10-23-16/h1-12H,13-14H2,(H,24,28)(H,25,29). The zero-order valence-electron chi connectivity index (χ0n) is 15.4. The van der Waals surface area contributed by atoms with Gasteiger partial charge < -0.3 is 10.6 Å². The van der Waals surface area contributed by atoms with Gasteiger partial charge in [0, 0.05) is 31.3 Å². The van der Waals surface area contributed by atoms with Gasteiger partial charge >= 0.3 is 0 Å². The highest BCUT2D eigenvalue weighted by Crippen LogP contribution is 2.14. The Morgan fingerprint density at radius 1 is 0.897 bits per heavy atom. The first-order valence-corrected chi connectivity index (χ1v) is 9.04. The number of carbonyl (C=O) groups excluding carboxylic acids is 2. The van der Waals surface area contributed by atoms with Gasteiger partial charge in [-0.05, 0) is 35.9 Å². The number of carbonyl (C=O) groups is 2. The average molecular weight is 386 g/mol. The summed E-state index contributed by atoms with van der Waals surface area (Å²) in [5.74, 6) is -0.604. The van der Waals surface area contributed by atoms with Crippen LogP contribution in [0.15, 0.2) is 73.3 Å². The maximum Gasteiger partial charge on any atom is 0.288 e. The molecule has 0 spiro atoms. The van der Waals surface area contributed by atoms with Crippen LogP contribution in [-0.4, -0.2) is 31.2 Å². The summed E-state index contributed by atoms with van der Waals surface area (Å²) in [6.07, 6.45) is 6.72. The van der Waals surface area contributed by atoms with Crippen molar-refractivity contribution in [2.75, 3.05) is 0 Å². The minimum atomic E-state index is -0.386. The van der Waals surface area contributed by atoms with Crippen molar-refractivity contribution >= 4 is 17.3 Å². The van der Waals surface area contributed by atoms with Crippen LogP contribution < -0.4 is 10.6 Å². The van der Waals surface area contributed by atoms with Crippen LogP contribution in [0.3, 0.4) is 0 Å². The van der Waals surface area contributed by atoms with Gasteiger partial charge in [-0.2, -0.15) is 0 Å². The van der Waals surface area contributed by atoms with Crippen LogP contribution in [-0.2, 0) is 13.1 Å². The number of nitrogens with one attached hydrogen (secondary N) is 2. The molecular formula is C21H18N6O2. The predicted molar refractivity (Wildman–Crippen MR) is 106 cm³/mol. The van der Waals surface area contributed by atoms with E-state index >= 15 is 0 Å². The van der Waals surface area contributed by atoms with Crippen LogP contribution >= 0.6 is 0 Å². The van der Waals surface area contributed by atoms with Crippen LogP contribution in [0.25, 0.3) is 5.52 Å². The minimum absolute atomic E-state index is 0.142. The third kappa shape index (κ3) is 4.11. The molecule has 2 N–H and O–H groups in total. The van der Waals surface area contributed by atoms with Crippen molar-refractivity contribution in [2.24, 2.45) is 0 Å². The monoisotopic (exact) mass is 386 g/mol. The molecule has 144 valence electrons. The van der Waals surface area contributed by atoms with Gasteiger partial charge in [0.2, 0.25) is 5.82 Å². The van der Waals surface area contributed by atoms with E-state index in [-0.39, 0.29) is 29.9 Å². The molecule has 0 radical (unpaired) electrons. The summed E-state index contributed by atoms with van der Waals surface area (Å²) in [4.78, 5) is 37.9. The first-order chi connectivity index (χ1) is 14.2. The molecular weight excluding hydrogens is 368 g/mol. The normalized spacial score (nSPS) is 10.6. The third-order valence-electron chi connectivity index (χ3n) is 4.30. The van der Waals surface area contributed by atoms with Crippen LogP contribution in [0, 0.1) is 0 Å². The zero-order chi connectivity index (χ0) is 20.1. The van der Waals surface area contributed by atoms with Crippen LogP contribution in [0.2, 0.25) is 0 Å². The van der Waals surface area contributed by atoms with Crippen LogP contribution in [0.4, 0.5) is 0 Å². The third-order valence-corrected chi connectivity index (χ3v) is 4.30. The molecule has 0 fully saturated rings. The lowest BCUT2D eigenvalue weighted by atomic mass is 10.2. The maximum atomic E-state index is 12.7. The fraction of sp³-hybridized carbons (Fsp3) is 0.0952. The Bertz CT molecular complexity index is 1050. The van der Waals surface area contributed by atoms with Crippen molar-refractivity contribution in [1.82, 2.24) is 30.0 Å². The summed E-state index contributed by atoms with van der Waals surface area (Å²) in [5, 5.41) is 5.61. The van der Waals surface area contributed by atoms with Crippen molar-refractivity contribution in [3.05, 3.63) is 96.1 Å². The number of fused-ring (bicyclic) bond motifs is 1. The summed E-state index contributed by atoms with van der Waals surface area (Å²) in [6, 6.07) is 14.5. The first-order valence-electron chi connectivity index (χ1n) is 9.04. The lowest BCUT2D eigenvalue weighted by Gasteiger charge is -2.03. The number of aromatic nitrogens is 4. The molecule has 2 amide bonds.